The van der Waals surface area contributed by atoms with E-state index in [2.05, 4.69) is 10.4 Å². The van der Waals surface area contributed by atoms with Crippen LogP contribution in [0.5, 0.6) is 0 Å². The lowest BCUT2D eigenvalue weighted by molar-refractivity contribution is 0.0276. The van der Waals surface area contributed by atoms with E-state index in [-0.39, 0.29) is 11.0 Å². The van der Waals surface area contributed by atoms with Crippen LogP contribution in [0, 0.1) is 6.92 Å². The molecule has 0 aliphatic carbocycles. The molecule has 8 heteroatoms. The normalized spacial score (nSPS) is 18.1. The van der Waals surface area contributed by atoms with E-state index in [9.17, 15) is 8.42 Å². The Labute approximate surface area is 136 Å². The molecule has 0 radical (unpaired) electrons. The van der Waals surface area contributed by atoms with Gasteiger partial charge in [-0.3, -0.25) is 9.23 Å². The first-order valence-corrected chi connectivity index (χ1v) is 8.65. The van der Waals surface area contributed by atoms with Crippen LogP contribution in [0.1, 0.15) is 17.2 Å². The van der Waals surface area contributed by atoms with E-state index >= 15 is 0 Å². The van der Waals surface area contributed by atoms with Gasteiger partial charge in [0.2, 0.25) is 0 Å². The molecule has 0 amide bonds. The van der Waals surface area contributed by atoms with Gasteiger partial charge in [-0.25, -0.2) is 0 Å². The second kappa shape index (κ2) is 7.69. The van der Waals surface area contributed by atoms with E-state index < -0.39 is 10.1 Å². The molecule has 2 heterocycles. The SMILES string of the molecule is Cc1ccc(S(=O)(=O)O)cc1.Cn1cc(C2CNCCO2)cn1. The van der Waals surface area contributed by atoms with Crippen LogP contribution in [0.3, 0.4) is 0 Å². The Morgan fingerprint density at radius 2 is 2.04 bits per heavy atom. The third kappa shape index (κ3) is 5.43. The van der Waals surface area contributed by atoms with E-state index in [1.54, 1.807) is 16.8 Å². The van der Waals surface area contributed by atoms with Gasteiger partial charge in [-0.2, -0.15) is 13.5 Å². The first kappa shape index (κ1) is 17.6. The Morgan fingerprint density at radius 3 is 2.52 bits per heavy atom. The van der Waals surface area contributed by atoms with Crippen LogP contribution in [0.15, 0.2) is 41.6 Å². The zero-order chi connectivity index (χ0) is 16.9. The number of nitrogens with zero attached hydrogens (tertiary/aromatic N) is 2. The van der Waals surface area contributed by atoms with Crippen LogP contribution in [-0.4, -0.2) is 42.4 Å². The van der Waals surface area contributed by atoms with Crippen molar-refractivity contribution < 1.29 is 17.7 Å². The summed E-state index contributed by atoms with van der Waals surface area (Å²) in [4.78, 5) is -0.0666. The smallest absolute Gasteiger partial charge is 0.294 e. The molecular weight excluding hydrogens is 318 g/mol. The molecule has 0 spiro atoms. The average molecular weight is 339 g/mol. The monoisotopic (exact) mass is 339 g/mol. The molecule has 2 aromatic rings. The lowest BCUT2D eigenvalue weighted by Crippen LogP contribution is -2.33. The number of hydrogen-bond donors (Lipinski definition) is 2. The highest BCUT2D eigenvalue weighted by Crippen LogP contribution is 2.16. The molecule has 1 atom stereocenters. The Bertz CT molecular complexity index is 719. The lowest BCUT2D eigenvalue weighted by Gasteiger charge is -2.22. The summed E-state index contributed by atoms with van der Waals surface area (Å²) in [7, 11) is -2.10. The number of morpholine rings is 1. The number of ether oxygens (including phenoxy) is 1. The minimum absolute atomic E-state index is 0.0666. The van der Waals surface area contributed by atoms with Gasteiger partial charge in [0.25, 0.3) is 10.1 Å². The molecule has 2 N–H and O–H groups in total. The summed E-state index contributed by atoms with van der Waals surface area (Å²) >= 11 is 0. The summed E-state index contributed by atoms with van der Waals surface area (Å²) < 4.78 is 36.9. The second-order valence-corrected chi connectivity index (χ2v) is 6.72. The van der Waals surface area contributed by atoms with Gasteiger partial charge < -0.3 is 10.1 Å². The first-order valence-electron chi connectivity index (χ1n) is 7.21. The van der Waals surface area contributed by atoms with Gasteiger partial charge in [-0.15, -0.1) is 0 Å². The van der Waals surface area contributed by atoms with E-state index in [1.807, 2.05) is 26.4 Å². The Kier molecular flexibility index (Phi) is 5.89. The molecule has 1 fully saturated rings. The maximum atomic E-state index is 10.5. The molecule has 0 bridgehead atoms. The highest BCUT2D eigenvalue weighted by molar-refractivity contribution is 7.85. The third-order valence-corrected chi connectivity index (χ3v) is 4.21. The van der Waals surface area contributed by atoms with Crippen molar-refractivity contribution in [2.75, 3.05) is 19.7 Å². The van der Waals surface area contributed by atoms with Crippen molar-refractivity contribution in [3.63, 3.8) is 0 Å². The minimum atomic E-state index is -4.02. The maximum Gasteiger partial charge on any atom is 0.294 e. The predicted molar refractivity (Wildman–Crippen MR) is 85.8 cm³/mol. The van der Waals surface area contributed by atoms with Gasteiger partial charge in [0.15, 0.2) is 0 Å². The van der Waals surface area contributed by atoms with Crippen molar-refractivity contribution in [2.45, 2.75) is 17.9 Å². The topological polar surface area (TPSA) is 93.5 Å². The lowest BCUT2D eigenvalue weighted by atomic mass is 10.2. The minimum Gasteiger partial charge on any atom is -0.371 e. The zero-order valence-electron chi connectivity index (χ0n) is 13.1. The predicted octanol–water partition coefficient (Wildman–Crippen LogP) is 1.32. The molecule has 0 saturated carbocycles. The molecule has 1 aromatic heterocycles. The Hall–Kier alpha value is -1.74. The highest BCUT2D eigenvalue weighted by Gasteiger charge is 2.16. The summed E-state index contributed by atoms with van der Waals surface area (Å²) in [5, 5.41) is 7.38. The molecule has 3 rings (SSSR count). The molecule has 1 aliphatic rings. The van der Waals surface area contributed by atoms with E-state index in [4.69, 9.17) is 9.29 Å². The molecule has 23 heavy (non-hydrogen) atoms. The fraction of sp³-hybridized carbons (Fsp3) is 0.400. The first-order chi connectivity index (χ1) is 10.9. The summed E-state index contributed by atoms with van der Waals surface area (Å²) in [5.41, 5.74) is 2.11. The summed E-state index contributed by atoms with van der Waals surface area (Å²) in [6.07, 6.45) is 4.04. The van der Waals surface area contributed by atoms with Crippen molar-refractivity contribution in [3.8, 4) is 0 Å². The number of rotatable bonds is 2. The Morgan fingerprint density at radius 1 is 1.35 bits per heavy atom. The van der Waals surface area contributed by atoms with Crippen LogP contribution in [-0.2, 0) is 21.9 Å². The van der Waals surface area contributed by atoms with E-state index in [0.717, 1.165) is 30.8 Å². The van der Waals surface area contributed by atoms with E-state index in [0.29, 0.717) is 0 Å². The van der Waals surface area contributed by atoms with Gasteiger partial charge in [0.05, 0.1) is 23.8 Å². The second-order valence-electron chi connectivity index (χ2n) is 5.30. The van der Waals surface area contributed by atoms with E-state index in [1.165, 1.54) is 12.1 Å². The summed E-state index contributed by atoms with van der Waals surface area (Å²) in [5.74, 6) is 0. The van der Waals surface area contributed by atoms with Gasteiger partial charge in [-0.1, -0.05) is 17.7 Å². The number of aryl methyl sites for hydroxylation is 2. The number of benzene rings is 1. The molecule has 1 aromatic carbocycles. The summed E-state index contributed by atoms with van der Waals surface area (Å²) in [6.45, 7) is 4.48. The van der Waals surface area contributed by atoms with Crippen molar-refractivity contribution in [3.05, 3.63) is 47.8 Å². The van der Waals surface area contributed by atoms with Crippen LogP contribution < -0.4 is 5.32 Å². The van der Waals surface area contributed by atoms with Gasteiger partial charge in [0, 0.05) is 31.9 Å². The van der Waals surface area contributed by atoms with Crippen LogP contribution in [0.4, 0.5) is 0 Å². The molecule has 7 nitrogen and oxygen atoms in total. The Balaban J connectivity index is 0.000000168. The van der Waals surface area contributed by atoms with Crippen molar-refractivity contribution in [1.82, 2.24) is 15.1 Å². The van der Waals surface area contributed by atoms with Crippen LogP contribution in [0.25, 0.3) is 0 Å². The largest absolute Gasteiger partial charge is 0.371 e. The van der Waals surface area contributed by atoms with Crippen molar-refractivity contribution in [1.29, 1.82) is 0 Å². The molecule has 1 saturated heterocycles. The highest BCUT2D eigenvalue weighted by atomic mass is 32.2. The summed E-state index contributed by atoms with van der Waals surface area (Å²) in [6, 6.07) is 5.99. The maximum absolute atomic E-state index is 10.5. The molecule has 126 valence electrons. The van der Waals surface area contributed by atoms with Crippen LogP contribution >= 0.6 is 0 Å². The van der Waals surface area contributed by atoms with Crippen LogP contribution in [0.2, 0.25) is 0 Å². The van der Waals surface area contributed by atoms with Gasteiger partial charge >= 0.3 is 0 Å². The number of hydrogen-bond acceptors (Lipinski definition) is 5. The molecular formula is C15H21N3O4S. The number of aromatic nitrogens is 2. The zero-order valence-corrected chi connectivity index (χ0v) is 14.0. The fourth-order valence-electron chi connectivity index (χ4n) is 2.10. The standard InChI is InChI=1S/C8H13N3O.C7H8O3S/c1-11-6-7(4-10-11)8-5-9-2-3-12-8;1-6-2-4-7(5-3-6)11(8,9)10/h4,6,8-9H,2-3,5H2,1H3;2-5H,1H3,(H,8,9,10). The fourth-order valence-corrected chi connectivity index (χ4v) is 2.58. The van der Waals surface area contributed by atoms with Gasteiger partial charge in [0.1, 0.15) is 0 Å². The van der Waals surface area contributed by atoms with Crippen molar-refractivity contribution in [2.24, 2.45) is 7.05 Å². The third-order valence-electron chi connectivity index (χ3n) is 3.34. The molecule has 1 aliphatic heterocycles. The molecule has 1 unspecified atom stereocenters. The average Bonchev–Trinajstić information content (AvgIpc) is 2.95. The number of nitrogens with one attached hydrogen (secondary N) is 1. The van der Waals surface area contributed by atoms with Crippen molar-refractivity contribution >= 4 is 10.1 Å². The van der Waals surface area contributed by atoms with Gasteiger partial charge in [-0.05, 0) is 19.1 Å². The quantitative estimate of drug-likeness (QED) is 0.802.